The van der Waals surface area contributed by atoms with Gasteiger partial charge in [0.2, 0.25) is 11.8 Å². The summed E-state index contributed by atoms with van der Waals surface area (Å²) < 4.78 is 6.14. The molecule has 3 amide bonds. The summed E-state index contributed by atoms with van der Waals surface area (Å²) in [6.45, 7) is 5.80. The molecule has 3 aromatic rings. The fourth-order valence-corrected chi connectivity index (χ4v) is 6.04. The second-order valence-corrected chi connectivity index (χ2v) is 12.0. The first-order valence-electron chi connectivity index (χ1n) is 15.2. The Hall–Kier alpha value is -4.18. The molecule has 10 nitrogen and oxygen atoms in total. The van der Waals surface area contributed by atoms with Crippen LogP contribution in [0.15, 0.2) is 60.9 Å². The molecule has 5 rings (SSSR count). The standard InChI is InChI=1S/C33H42N6O4/c1-33(2,32(42)35-21-31(41)39-15-5-8-28(39)18-34)43-29-9-3-6-25(17-29)26-7-4-14-38(22-26)30(40)16-23-10-12-24(13-11-23)27-19-36-37-20-27/h3,6,9-13,17,19-20,26,28H,4-5,7-8,14-16,18,21-22,34H2,1-2H3,(H,35,42)(H,36,37). The van der Waals surface area contributed by atoms with Crippen molar-refractivity contribution in [3.05, 3.63) is 72.1 Å². The number of hydrogen-bond donors (Lipinski definition) is 3. The first-order chi connectivity index (χ1) is 20.7. The fourth-order valence-electron chi connectivity index (χ4n) is 6.04. The third-order valence-electron chi connectivity index (χ3n) is 8.53. The van der Waals surface area contributed by atoms with E-state index < -0.39 is 5.60 Å². The van der Waals surface area contributed by atoms with E-state index in [0.29, 0.717) is 31.8 Å². The largest absolute Gasteiger partial charge is 0.478 e. The van der Waals surface area contributed by atoms with Crippen LogP contribution in [0.3, 0.4) is 0 Å². The zero-order valence-electron chi connectivity index (χ0n) is 25.1. The van der Waals surface area contributed by atoms with Crippen molar-refractivity contribution in [1.29, 1.82) is 0 Å². The summed E-state index contributed by atoms with van der Waals surface area (Å²) in [6, 6.07) is 15.8. The van der Waals surface area contributed by atoms with Gasteiger partial charge in [0.25, 0.3) is 5.91 Å². The van der Waals surface area contributed by atoms with Crippen molar-refractivity contribution in [3.8, 4) is 16.9 Å². The number of hydrogen-bond acceptors (Lipinski definition) is 6. The van der Waals surface area contributed by atoms with Gasteiger partial charge in [0.15, 0.2) is 5.60 Å². The zero-order valence-corrected chi connectivity index (χ0v) is 25.1. The van der Waals surface area contributed by atoms with Gasteiger partial charge in [-0.05, 0) is 68.4 Å². The highest BCUT2D eigenvalue weighted by molar-refractivity contribution is 5.89. The number of likely N-dealkylation sites (tertiary alicyclic amines) is 2. The van der Waals surface area contributed by atoms with Crippen molar-refractivity contribution >= 4 is 17.7 Å². The zero-order chi connectivity index (χ0) is 30.4. The quantitative estimate of drug-likeness (QED) is 0.334. The number of aromatic amines is 1. The van der Waals surface area contributed by atoms with Crippen LogP contribution in [-0.2, 0) is 20.8 Å². The average molecular weight is 587 g/mol. The van der Waals surface area contributed by atoms with Gasteiger partial charge in [-0.3, -0.25) is 19.5 Å². The van der Waals surface area contributed by atoms with Gasteiger partial charge in [0.05, 0.1) is 19.2 Å². The van der Waals surface area contributed by atoms with Gasteiger partial charge in [-0.25, -0.2) is 0 Å². The van der Waals surface area contributed by atoms with Crippen LogP contribution >= 0.6 is 0 Å². The highest BCUT2D eigenvalue weighted by Gasteiger charge is 2.33. The van der Waals surface area contributed by atoms with Crippen LogP contribution < -0.4 is 15.8 Å². The second-order valence-electron chi connectivity index (χ2n) is 12.0. The molecule has 1 aromatic heterocycles. The Morgan fingerprint density at radius 3 is 2.58 bits per heavy atom. The van der Waals surface area contributed by atoms with Gasteiger partial charge in [0.1, 0.15) is 5.75 Å². The van der Waals surface area contributed by atoms with E-state index in [1.54, 1.807) is 24.9 Å². The number of aromatic nitrogens is 2. The Morgan fingerprint density at radius 1 is 1.05 bits per heavy atom. The molecule has 2 aliphatic rings. The minimum atomic E-state index is -1.18. The van der Waals surface area contributed by atoms with Gasteiger partial charge in [-0.15, -0.1) is 0 Å². The van der Waals surface area contributed by atoms with Gasteiger partial charge in [0, 0.05) is 49.9 Å². The Bertz CT molecular complexity index is 1410. The molecule has 0 saturated carbocycles. The van der Waals surface area contributed by atoms with E-state index in [4.69, 9.17) is 10.5 Å². The van der Waals surface area contributed by atoms with Crippen molar-refractivity contribution in [2.45, 2.75) is 63.5 Å². The fraction of sp³-hybridized carbons (Fsp3) is 0.455. The predicted octanol–water partition coefficient (Wildman–Crippen LogP) is 3.25. The maximum absolute atomic E-state index is 13.2. The molecule has 2 aliphatic heterocycles. The summed E-state index contributed by atoms with van der Waals surface area (Å²) in [7, 11) is 0. The molecule has 10 heteroatoms. The van der Waals surface area contributed by atoms with Gasteiger partial charge in [-0.2, -0.15) is 5.10 Å². The smallest absolute Gasteiger partial charge is 0.264 e. The van der Waals surface area contributed by atoms with E-state index in [2.05, 4.69) is 21.6 Å². The highest BCUT2D eigenvalue weighted by atomic mass is 16.5. The lowest BCUT2D eigenvalue weighted by atomic mass is 9.90. The average Bonchev–Trinajstić information content (AvgIpc) is 3.73. The molecule has 2 aromatic carbocycles. The Kier molecular flexibility index (Phi) is 9.45. The van der Waals surface area contributed by atoms with Gasteiger partial charge >= 0.3 is 0 Å². The molecule has 0 radical (unpaired) electrons. The van der Waals surface area contributed by atoms with Crippen molar-refractivity contribution in [2.24, 2.45) is 5.73 Å². The van der Waals surface area contributed by atoms with Crippen molar-refractivity contribution in [1.82, 2.24) is 25.3 Å². The van der Waals surface area contributed by atoms with Crippen LogP contribution in [0.4, 0.5) is 0 Å². The van der Waals surface area contributed by atoms with Crippen LogP contribution in [0, 0.1) is 0 Å². The molecular formula is C33H42N6O4. The number of H-pyrrole nitrogens is 1. The molecule has 228 valence electrons. The number of amides is 3. The summed E-state index contributed by atoms with van der Waals surface area (Å²) in [4.78, 5) is 42.6. The Labute approximate surface area is 253 Å². The number of nitrogens with zero attached hydrogens (tertiary/aromatic N) is 3. The summed E-state index contributed by atoms with van der Waals surface area (Å²) in [5, 5.41) is 9.57. The molecule has 0 aliphatic carbocycles. The third-order valence-corrected chi connectivity index (χ3v) is 8.53. The monoisotopic (exact) mass is 586 g/mol. The number of ether oxygens (including phenoxy) is 1. The van der Waals surface area contributed by atoms with E-state index in [1.165, 1.54) is 0 Å². The molecule has 4 N–H and O–H groups in total. The second kappa shape index (κ2) is 13.4. The number of carbonyl (C=O) groups is 3. The van der Waals surface area contributed by atoms with Crippen molar-refractivity contribution in [2.75, 3.05) is 32.7 Å². The molecule has 2 saturated heterocycles. The number of nitrogens with two attached hydrogens (primary N) is 1. The minimum absolute atomic E-state index is 0.0436. The maximum Gasteiger partial charge on any atom is 0.264 e. The van der Waals surface area contributed by atoms with E-state index in [1.807, 2.05) is 53.6 Å². The van der Waals surface area contributed by atoms with E-state index in [-0.39, 0.29) is 36.2 Å². The Balaban J connectivity index is 1.15. The summed E-state index contributed by atoms with van der Waals surface area (Å²) >= 11 is 0. The molecule has 2 atom stereocenters. The SMILES string of the molecule is CC(C)(Oc1cccc(C2CCCN(C(=O)Cc3ccc(-c4cn[nH]c4)cc3)C2)c1)C(=O)NCC(=O)N1CCCC1CN. The topological polar surface area (TPSA) is 134 Å². The first-order valence-corrected chi connectivity index (χ1v) is 15.2. The highest BCUT2D eigenvalue weighted by Crippen LogP contribution is 2.31. The third kappa shape index (κ3) is 7.43. The van der Waals surface area contributed by atoms with E-state index in [0.717, 1.165) is 54.5 Å². The van der Waals surface area contributed by atoms with Crippen LogP contribution in [0.25, 0.3) is 11.1 Å². The molecule has 0 bridgehead atoms. The molecular weight excluding hydrogens is 544 g/mol. The lowest BCUT2D eigenvalue weighted by Gasteiger charge is -2.33. The Morgan fingerprint density at radius 2 is 1.84 bits per heavy atom. The summed E-state index contributed by atoms with van der Waals surface area (Å²) in [5.74, 6) is 0.388. The molecule has 2 unspecified atom stereocenters. The van der Waals surface area contributed by atoms with E-state index >= 15 is 0 Å². The van der Waals surface area contributed by atoms with Gasteiger partial charge < -0.3 is 25.6 Å². The molecule has 2 fully saturated rings. The van der Waals surface area contributed by atoms with Crippen LogP contribution in [0.5, 0.6) is 5.75 Å². The first kappa shape index (κ1) is 30.3. The lowest BCUT2D eigenvalue weighted by Crippen LogP contribution is -2.51. The van der Waals surface area contributed by atoms with Crippen LogP contribution in [0.1, 0.15) is 56.6 Å². The van der Waals surface area contributed by atoms with E-state index in [9.17, 15) is 14.4 Å². The predicted molar refractivity (Wildman–Crippen MR) is 164 cm³/mol. The molecule has 0 spiro atoms. The number of rotatable bonds is 10. The number of carbonyl (C=O) groups excluding carboxylic acids is 3. The molecule has 3 heterocycles. The normalized spacial score (nSPS) is 18.9. The lowest BCUT2D eigenvalue weighted by molar-refractivity contribution is -0.138. The summed E-state index contributed by atoms with van der Waals surface area (Å²) in [6.07, 6.45) is 7.71. The maximum atomic E-state index is 13.2. The number of nitrogens with one attached hydrogen (secondary N) is 2. The minimum Gasteiger partial charge on any atom is -0.478 e. The number of benzene rings is 2. The molecule has 43 heavy (non-hydrogen) atoms. The summed E-state index contributed by atoms with van der Waals surface area (Å²) in [5.41, 5.74) is 8.74. The van der Waals surface area contributed by atoms with Crippen molar-refractivity contribution in [3.63, 3.8) is 0 Å². The van der Waals surface area contributed by atoms with Crippen LogP contribution in [0.2, 0.25) is 0 Å². The van der Waals surface area contributed by atoms with Crippen LogP contribution in [-0.4, -0.2) is 82.1 Å². The van der Waals surface area contributed by atoms with Crippen molar-refractivity contribution < 1.29 is 19.1 Å². The number of piperidine rings is 1. The van der Waals surface area contributed by atoms with Gasteiger partial charge in [-0.1, -0.05) is 36.4 Å².